The van der Waals surface area contributed by atoms with Crippen molar-refractivity contribution in [3.8, 4) is 5.75 Å². The second-order valence-corrected chi connectivity index (χ2v) is 9.01. The topological polar surface area (TPSA) is 87.7 Å². The van der Waals surface area contributed by atoms with Crippen LogP contribution in [0.5, 0.6) is 5.75 Å². The first kappa shape index (κ1) is 22.8. The van der Waals surface area contributed by atoms with Crippen LogP contribution in [0, 0.1) is 6.92 Å². The van der Waals surface area contributed by atoms with E-state index in [9.17, 15) is 14.4 Å². The van der Waals surface area contributed by atoms with E-state index >= 15 is 0 Å². The van der Waals surface area contributed by atoms with Crippen LogP contribution in [0.3, 0.4) is 0 Å². The molecule has 2 heterocycles. The number of hydrogen-bond acceptors (Lipinski definition) is 4. The summed E-state index contributed by atoms with van der Waals surface area (Å²) in [6.45, 7) is 4.94. The largest absolute Gasteiger partial charge is 0.485 e. The van der Waals surface area contributed by atoms with E-state index in [4.69, 9.17) is 4.74 Å². The second-order valence-electron chi connectivity index (χ2n) is 9.01. The van der Waals surface area contributed by atoms with Gasteiger partial charge in [-0.2, -0.15) is 0 Å². The summed E-state index contributed by atoms with van der Waals surface area (Å²) < 4.78 is 6.38. The van der Waals surface area contributed by atoms with Crippen molar-refractivity contribution >= 4 is 17.7 Å². The van der Waals surface area contributed by atoms with Gasteiger partial charge in [-0.25, -0.2) is 0 Å². The highest BCUT2D eigenvalue weighted by atomic mass is 16.5. The van der Waals surface area contributed by atoms with E-state index < -0.39 is 11.6 Å². The normalized spacial score (nSPS) is 21.3. The molecule has 33 heavy (non-hydrogen) atoms. The number of amides is 3. The lowest BCUT2D eigenvalue weighted by Crippen LogP contribution is -2.49. The van der Waals surface area contributed by atoms with E-state index in [1.165, 1.54) is 0 Å². The van der Waals surface area contributed by atoms with Crippen molar-refractivity contribution in [2.75, 3.05) is 19.6 Å². The maximum atomic E-state index is 12.9. The van der Waals surface area contributed by atoms with E-state index in [2.05, 4.69) is 10.6 Å². The molecule has 4 rings (SSSR count). The van der Waals surface area contributed by atoms with Crippen molar-refractivity contribution in [1.29, 1.82) is 0 Å². The number of ether oxygens (including phenoxy) is 1. The Morgan fingerprint density at radius 3 is 2.76 bits per heavy atom. The van der Waals surface area contributed by atoms with Crippen LogP contribution < -0.4 is 15.4 Å². The van der Waals surface area contributed by atoms with E-state index in [1.54, 1.807) is 11.8 Å². The Morgan fingerprint density at radius 2 is 1.97 bits per heavy atom. The number of nitrogens with one attached hydrogen (secondary N) is 2. The number of likely N-dealkylation sites (tertiary alicyclic amines) is 1. The summed E-state index contributed by atoms with van der Waals surface area (Å²) in [5.41, 5.74) is 1.98. The standard InChI is InChI=1S/C26H31N3O4/c1-18-8-9-22-21(16-18)25(32)28-17-26(33-22)12-10-23(30)29(15-13-26)19(2)24(31)27-14-11-20-6-4-3-5-7-20/h3-9,16,19H,10-15,17H2,1-2H3,(H,27,31)(H,28,32). The Kier molecular flexibility index (Phi) is 6.67. The maximum Gasteiger partial charge on any atom is 0.255 e. The molecule has 7 nitrogen and oxygen atoms in total. The van der Waals surface area contributed by atoms with Gasteiger partial charge in [0.15, 0.2) is 0 Å². The van der Waals surface area contributed by atoms with Crippen LogP contribution >= 0.6 is 0 Å². The molecule has 2 aromatic rings. The van der Waals surface area contributed by atoms with Gasteiger partial charge in [-0.15, -0.1) is 0 Å². The van der Waals surface area contributed by atoms with Crippen molar-refractivity contribution in [1.82, 2.24) is 15.5 Å². The van der Waals surface area contributed by atoms with Crippen LogP contribution in [0.25, 0.3) is 0 Å². The first-order chi connectivity index (χ1) is 15.9. The Morgan fingerprint density at radius 1 is 1.18 bits per heavy atom. The van der Waals surface area contributed by atoms with Crippen LogP contribution in [0.2, 0.25) is 0 Å². The lowest BCUT2D eigenvalue weighted by molar-refractivity contribution is -0.139. The van der Waals surface area contributed by atoms with Crippen LogP contribution in [0.1, 0.15) is 47.7 Å². The molecule has 2 N–H and O–H groups in total. The van der Waals surface area contributed by atoms with Gasteiger partial charge >= 0.3 is 0 Å². The quantitative estimate of drug-likeness (QED) is 0.735. The summed E-state index contributed by atoms with van der Waals surface area (Å²) in [5.74, 6) is 0.152. The highest BCUT2D eigenvalue weighted by molar-refractivity contribution is 5.97. The molecule has 0 aliphatic carbocycles. The molecular formula is C26H31N3O4. The number of fused-ring (bicyclic) bond motifs is 1. The minimum absolute atomic E-state index is 0.0686. The third-order valence-corrected chi connectivity index (χ3v) is 6.60. The number of carbonyl (C=O) groups excluding carboxylic acids is 3. The molecule has 1 fully saturated rings. The molecule has 2 aliphatic rings. The molecule has 2 atom stereocenters. The van der Waals surface area contributed by atoms with Crippen molar-refractivity contribution in [2.45, 2.75) is 51.2 Å². The molecule has 2 unspecified atom stereocenters. The molecule has 0 aromatic heterocycles. The predicted octanol–water partition coefficient (Wildman–Crippen LogP) is 2.62. The minimum Gasteiger partial charge on any atom is -0.485 e. The highest BCUT2D eigenvalue weighted by Crippen LogP contribution is 2.34. The molecule has 2 aromatic carbocycles. The zero-order valence-corrected chi connectivity index (χ0v) is 19.2. The van der Waals surface area contributed by atoms with Crippen LogP contribution in [-0.2, 0) is 16.0 Å². The minimum atomic E-state index is -0.677. The zero-order valence-electron chi connectivity index (χ0n) is 19.2. The van der Waals surface area contributed by atoms with Gasteiger partial charge in [0.05, 0.1) is 12.1 Å². The van der Waals surface area contributed by atoms with E-state index in [-0.39, 0.29) is 24.1 Å². The molecule has 2 aliphatic heterocycles. The van der Waals surface area contributed by atoms with Gasteiger partial charge in [-0.1, -0.05) is 42.0 Å². The Hall–Kier alpha value is -3.35. The van der Waals surface area contributed by atoms with E-state index in [1.807, 2.05) is 55.5 Å². The fraction of sp³-hybridized carbons (Fsp3) is 0.423. The van der Waals surface area contributed by atoms with Gasteiger partial charge in [0.2, 0.25) is 11.8 Å². The molecule has 0 bridgehead atoms. The number of rotatable bonds is 5. The predicted molar refractivity (Wildman–Crippen MR) is 125 cm³/mol. The lowest BCUT2D eigenvalue weighted by Gasteiger charge is -2.32. The zero-order chi connectivity index (χ0) is 23.4. The SMILES string of the molecule is Cc1ccc2c(c1)C(=O)NCC1(CCC(=O)N(C(C)C(=O)NCCc3ccccc3)CC1)O2. The van der Waals surface area contributed by atoms with Crippen LogP contribution in [0.4, 0.5) is 0 Å². The third kappa shape index (κ3) is 5.18. The monoisotopic (exact) mass is 449 g/mol. The number of hydrogen-bond donors (Lipinski definition) is 2. The molecule has 7 heteroatoms. The maximum absolute atomic E-state index is 12.9. The fourth-order valence-electron chi connectivity index (χ4n) is 4.52. The van der Waals surface area contributed by atoms with Crippen LogP contribution in [-0.4, -0.2) is 53.9 Å². The van der Waals surface area contributed by atoms with Crippen LogP contribution in [0.15, 0.2) is 48.5 Å². The third-order valence-electron chi connectivity index (χ3n) is 6.60. The van der Waals surface area contributed by atoms with Gasteiger partial charge in [0.1, 0.15) is 17.4 Å². The Bertz CT molecular complexity index is 1040. The number of nitrogens with zero attached hydrogens (tertiary/aromatic N) is 1. The summed E-state index contributed by atoms with van der Waals surface area (Å²) in [7, 11) is 0. The summed E-state index contributed by atoms with van der Waals surface area (Å²) in [6, 6.07) is 15.0. The summed E-state index contributed by atoms with van der Waals surface area (Å²) >= 11 is 0. The van der Waals surface area contributed by atoms with Crippen molar-refractivity contribution in [3.05, 3.63) is 65.2 Å². The molecule has 1 saturated heterocycles. The van der Waals surface area contributed by atoms with Crippen molar-refractivity contribution < 1.29 is 19.1 Å². The highest BCUT2D eigenvalue weighted by Gasteiger charge is 2.41. The number of aryl methyl sites for hydroxylation is 1. The first-order valence-corrected chi connectivity index (χ1v) is 11.6. The molecule has 1 spiro atoms. The van der Waals surface area contributed by atoms with Gasteiger partial charge in [0, 0.05) is 25.9 Å². The molecular weight excluding hydrogens is 418 g/mol. The molecule has 0 saturated carbocycles. The van der Waals surface area contributed by atoms with Crippen molar-refractivity contribution in [2.24, 2.45) is 0 Å². The fourth-order valence-corrected chi connectivity index (χ4v) is 4.52. The smallest absolute Gasteiger partial charge is 0.255 e. The van der Waals surface area contributed by atoms with E-state index in [0.717, 1.165) is 17.5 Å². The van der Waals surface area contributed by atoms with E-state index in [0.29, 0.717) is 43.8 Å². The van der Waals surface area contributed by atoms with Gasteiger partial charge in [0.25, 0.3) is 5.91 Å². The first-order valence-electron chi connectivity index (χ1n) is 11.6. The average molecular weight is 450 g/mol. The number of carbonyl (C=O) groups is 3. The van der Waals surface area contributed by atoms with Gasteiger partial charge in [-0.3, -0.25) is 14.4 Å². The number of benzene rings is 2. The van der Waals surface area contributed by atoms with Gasteiger partial charge < -0.3 is 20.3 Å². The Labute approximate surface area is 194 Å². The molecule has 0 radical (unpaired) electrons. The second kappa shape index (κ2) is 9.65. The summed E-state index contributed by atoms with van der Waals surface area (Å²) in [5, 5.41) is 5.92. The summed E-state index contributed by atoms with van der Waals surface area (Å²) in [4.78, 5) is 39.9. The molecule has 3 amide bonds. The Balaban J connectivity index is 1.40. The lowest BCUT2D eigenvalue weighted by atomic mass is 9.94. The molecule has 174 valence electrons. The summed E-state index contributed by atoms with van der Waals surface area (Å²) in [6.07, 6.45) is 2.02. The average Bonchev–Trinajstić information content (AvgIpc) is 3.06. The van der Waals surface area contributed by atoms with Gasteiger partial charge in [-0.05, 0) is 44.4 Å². The van der Waals surface area contributed by atoms with Crippen molar-refractivity contribution in [3.63, 3.8) is 0 Å².